The molecule has 142 valence electrons. The van der Waals surface area contributed by atoms with Crippen LogP contribution in [0.4, 0.5) is 14.3 Å². The maximum Gasteiger partial charge on any atom is 0.325 e. The molecule has 1 aliphatic heterocycles. The Balaban J connectivity index is 1.50. The maximum atomic E-state index is 13.0. The van der Waals surface area contributed by atoms with Crippen molar-refractivity contribution in [2.75, 3.05) is 11.9 Å². The van der Waals surface area contributed by atoms with Gasteiger partial charge in [0.05, 0.1) is 5.69 Å². The highest BCUT2D eigenvalue weighted by Crippen LogP contribution is 2.25. The van der Waals surface area contributed by atoms with Crippen molar-refractivity contribution in [1.29, 1.82) is 0 Å². The Hall–Kier alpha value is -2.81. The summed E-state index contributed by atoms with van der Waals surface area (Å²) in [5.74, 6) is -0.867. The standard InChI is InChI=1S/C18H19FN4O3S/c1-18(2)15(25)23(17(26)22-18)9-3-4-14(24)21-16-20-13(10-27-16)11-5-7-12(19)8-6-11/h5-8,10H,3-4,9H2,1-2H3,(H,22,26)(H,20,21,24). The number of urea groups is 1. The Bertz CT molecular complexity index is 879. The van der Waals surface area contributed by atoms with E-state index >= 15 is 0 Å². The average molecular weight is 390 g/mol. The lowest BCUT2D eigenvalue weighted by atomic mass is 10.1. The fraction of sp³-hybridized carbons (Fsp3) is 0.333. The smallest absolute Gasteiger partial charge is 0.324 e. The molecule has 0 unspecified atom stereocenters. The van der Waals surface area contributed by atoms with Crippen molar-refractivity contribution in [3.8, 4) is 11.3 Å². The third-order valence-electron chi connectivity index (χ3n) is 4.12. The fourth-order valence-corrected chi connectivity index (χ4v) is 3.42. The van der Waals surface area contributed by atoms with Gasteiger partial charge in [-0.1, -0.05) is 0 Å². The van der Waals surface area contributed by atoms with Gasteiger partial charge in [-0.05, 0) is 44.5 Å². The van der Waals surface area contributed by atoms with Crippen molar-refractivity contribution < 1.29 is 18.8 Å². The molecular weight excluding hydrogens is 371 g/mol. The van der Waals surface area contributed by atoms with E-state index in [0.29, 0.717) is 17.2 Å². The summed E-state index contributed by atoms with van der Waals surface area (Å²) in [5, 5.41) is 7.51. The van der Waals surface area contributed by atoms with Crippen LogP contribution in [0.15, 0.2) is 29.6 Å². The van der Waals surface area contributed by atoms with Gasteiger partial charge < -0.3 is 10.6 Å². The van der Waals surface area contributed by atoms with E-state index in [1.165, 1.54) is 23.5 Å². The number of carbonyl (C=O) groups excluding carboxylic acids is 3. The molecule has 1 aliphatic rings. The van der Waals surface area contributed by atoms with Crippen LogP contribution in [0.2, 0.25) is 0 Å². The van der Waals surface area contributed by atoms with Crippen molar-refractivity contribution in [1.82, 2.24) is 15.2 Å². The average Bonchev–Trinajstić information content (AvgIpc) is 3.13. The predicted octanol–water partition coefficient (Wildman–Crippen LogP) is 3.00. The maximum absolute atomic E-state index is 13.0. The second-order valence-corrected chi connectivity index (χ2v) is 7.57. The van der Waals surface area contributed by atoms with E-state index in [1.54, 1.807) is 31.4 Å². The third kappa shape index (κ3) is 4.30. The monoisotopic (exact) mass is 390 g/mol. The molecule has 0 atom stereocenters. The number of hydrogen-bond acceptors (Lipinski definition) is 5. The van der Waals surface area contributed by atoms with Crippen LogP contribution in [-0.2, 0) is 9.59 Å². The Labute approximate surface area is 159 Å². The van der Waals surface area contributed by atoms with Gasteiger partial charge in [-0.15, -0.1) is 11.3 Å². The van der Waals surface area contributed by atoms with Gasteiger partial charge >= 0.3 is 6.03 Å². The van der Waals surface area contributed by atoms with E-state index in [9.17, 15) is 18.8 Å². The zero-order valence-corrected chi connectivity index (χ0v) is 15.7. The Morgan fingerprint density at radius 2 is 2.00 bits per heavy atom. The number of halogens is 1. The third-order valence-corrected chi connectivity index (χ3v) is 4.88. The van der Waals surface area contributed by atoms with Gasteiger partial charge in [-0.2, -0.15) is 0 Å². The lowest BCUT2D eigenvalue weighted by molar-refractivity contribution is -0.130. The summed E-state index contributed by atoms with van der Waals surface area (Å²) in [7, 11) is 0. The lowest BCUT2D eigenvalue weighted by Gasteiger charge is -2.15. The minimum Gasteiger partial charge on any atom is -0.324 e. The Morgan fingerprint density at radius 1 is 1.30 bits per heavy atom. The molecule has 0 aliphatic carbocycles. The lowest BCUT2D eigenvalue weighted by Crippen LogP contribution is -2.40. The molecule has 1 aromatic heterocycles. The molecule has 0 bridgehead atoms. The van der Waals surface area contributed by atoms with Crippen LogP contribution in [-0.4, -0.2) is 39.8 Å². The summed E-state index contributed by atoms with van der Waals surface area (Å²) in [6, 6.07) is 5.51. The first-order chi connectivity index (χ1) is 12.8. The number of carbonyl (C=O) groups is 3. The molecule has 27 heavy (non-hydrogen) atoms. The quantitative estimate of drug-likeness (QED) is 0.742. The summed E-state index contributed by atoms with van der Waals surface area (Å²) in [4.78, 5) is 41.4. The van der Waals surface area contributed by atoms with Crippen LogP contribution in [0.1, 0.15) is 26.7 Å². The molecule has 1 fully saturated rings. The second-order valence-electron chi connectivity index (χ2n) is 6.71. The van der Waals surface area contributed by atoms with E-state index in [4.69, 9.17) is 0 Å². The zero-order valence-electron chi connectivity index (χ0n) is 14.9. The summed E-state index contributed by atoms with van der Waals surface area (Å²) >= 11 is 1.27. The van der Waals surface area contributed by atoms with E-state index in [2.05, 4.69) is 15.6 Å². The van der Waals surface area contributed by atoms with Crippen LogP contribution >= 0.6 is 11.3 Å². The number of aromatic nitrogens is 1. The van der Waals surface area contributed by atoms with Gasteiger partial charge in [0, 0.05) is 23.9 Å². The minimum absolute atomic E-state index is 0.156. The van der Waals surface area contributed by atoms with Crippen molar-refractivity contribution >= 4 is 34.3 Å². The predicted molar refractivity (Wildman–Crippen MR) is 99.7 cm³/mol. The number of imide groups is 1. The number of benzene rings is 1. The molecular formula is C18H19FN4O3S. The SMILES string of the molecule is CC1(C)NC(=O)N(CCCC(=O)Nc2nc(-c3ccc(F)cc3)cs2)C1=O. The molecule has 2 aromatic rings. The van der Waals surface area contributed by atoms with Gasteiger partial charge in [0.15, 0.2) is 5.13 Å². The number of thiazole rings is 1. The molecule has 4 amide bonds. The van der Waals surface area contributed by atoms with Gasteiger partial charge in [-0.25, -0.2) is 14.2 Å². The molecule has 0 spiro atoms. The van der Waals surface area contributed by atoms with Crippen LogP contribution < -0.4 is 10.6 Å². The highest BCUT2D eigenvalue weighted by molar-refractivity contribution is 7.14. The van der Waals surface area contributed by atoms with Crippen molar-refractivity contribution in [3.63, 3.8) is 0 Å². The van der Waals surface area contributed by atoms with Crippen LogP contribution in [0.25, 0.3) is 11.3 Å². The molecule has 2 heterocycles. The summed E-state index contributed by atoms with van der Waals surface area (Å²) in [6.45, 7) is 3.46. The molecule has 0 saturated carbocycles. The van der Waals surface area contributed by atoms with Gasteiger partial charge in [0.1, 0.15) is 11.4 Å². The number of anilines is 1. The first-order valence-corrected chi connectivity index (χ1v) is 9.30. The molecule has 7 nitrogen and oxygen atoms in total. The summed E-state index contributed by atoms with van der Waals surface area (Å²) in [6.07, 6.45) is 0.514. The molecule has 3 rings (SSSR count). The van der Waals surface area contributed by atoms with Crippen molar-refractivity contribution in [2.45, 2.75) is 32.2 Å². The molecule has 2 N–H and O–H groups in total. The molecule has 0 radical (unpaired) electrons. The van der Waals surface area contributed by atoms with Gasteiger partial charge in [0.25, 0.3) is 5.91 Å². The highest BCUT2D eigenvalue weighted by atomic mass is 32.1. The normalized spacial score (nSPS) is 15.7. The number of nitrogens with zero attached hydrogens (tertiary/aromatic N) is 2. The number of rotatable bonds is 6. The van der Waals surface area contributed by atoms with Crippen LogP contribution in [0.3, 0.4) is 0 Å². The Kier molecular flexibility index (Phi) is 5.22. The first-order valence-electron chi connectivity index (χ1n) is 8.42. The van der Waals surface area contributed by atoms with Gasteiger partial charge in [0.2, 0.25) is 5.91 Å². The molecule has 9 heteroatoms. The zero-order chi connectivity index (χ0) is 19.6. The van der Waals surface area contributed by atoms with Crippen LogP contribution in [0, 0.1) is 5.82 Å². The first kappa shape index (κ1) is 19.0. The molecule has 1 saturated heterocycles. The fourth-order valence-electron chi connectivity index (χ4n) is 2.68. The number of amides is 4. The van der Waals surface area contributed by atoms with E-state index < -0.39 is 11.6 Å². The summed E-state index contributed by atoms with van der Waals surface area (Å²) < 4.78 is 13.0. The van der Waals surface area contributed by atoms with Crippen LogP contribution in [0.5, 0.6) is 0 Å². The topological polar surface area (TPSA) is 91.4 Å². The van der Waals surface area contributed by atoms with Crippen molar-refractivity contribution in [3.05, 3.63) is 35.5 Å². The van der Waals surface area contributed by atoms with E-state index in [0.717, 1.165) is 10.5 Å². The van der Waals surface area contributed by atoms with Gasteiger partial charge in [-0.3, -0.25) is 14.5 Å². The highest BCUT2D eigenvalue weighted by Gasteiger charge is 2.43. The second kappa shape index (κ2) is 7.43. The minimum atomic E-state index is -0.906. The van der Waals surface area contributed by atoms with E-state index in [1.807, 2.05) is 0 Å². The molecule has 1 aromatic carbocycles. The van der Waals surface area contributed by atoms with Crippen molar-refractivity contribution in [2.24, 2.45) is 0 Å². The summed E-state index contributed by atoms with van der Waals surface area (Å²) in [5.41, 5.74) is 0.503. The Morgan fingerprint density at radius 3 is 2.63 bits per heavy atom. The number of hydrogen-bond donors (Lipinski definition) is 2. The largest absolute Gasteiger partial charge is 0.325 e. The number of nitrogens with one attached hydrogen (secondary N) is 2. The van der Waals surface area contributed by atoms with E-state index in [-0.39, 0.29) is 30.6 Å².